The topological polar surface area (TPSA) is 44.1 Å². The highest BCUT2D eigenvalue weighted by Crippen LogP contribution is 2.27. The second-order valence-electron chi connectivity index (χ2n) is 6.03. The standard InChI is InChI=1S/C19H18N2O/c1-13(2)16-7-8-17-11-21(12-18(17)9-16)19(22)15-5-3-14(10-20)4-6-15/h3-9,13H,11-12H2,1-2H3. The van der Waals surface area contributed by atoms with E-state index in [1.165, 1.54) is 16.7 Å². The molecule has 1 amide bonds. The molecule has 3 nitrogen and oxygen atoms in total. The first kappa shape index (κ1) is 14.3. The van der Waals surface area contributed by atoms with E-state index in [9.17, 15) is 4.79 Å². The summed E-state index contributed by atoms with van der Waals surface area (Å²) in [4.78, 5) is 14.4. The second kappa shape index (κ2) is 5.65. The molecule has 0 radical (unpaired) electrons. The second-order valence-corrected chi connectivity index (χ2v) is 6.03. The molecule has 1 aliphatic rings. The Morgan fingerprint density at radius 1 is 1.09 bits per heavy atom. The Hall–Kier alpha value is -2.60. The Morgan fingerprint density at radius 2 is 1.77 bits per heavy atom. The zero-order valence-electron chi connectivity index (χ0n) is 12.8. The number of fused-ring (bicyclic) bond motifs is 1. The van der Waals surface area contributed by atoms with Gasteiger partial charge in [-0.25, -0.2) is 0 Å². The summed E-state index contributed by atoms with van der Waals surface area (Å²) in [5.41, 5.74) is 4.99. The van der Waals surface area contributed by atoms with Crippen LogP contribution in [0.15, 0.2) is 42.5 Å². The number of nitrogens with zero attached hydrogens (tertiary/aromatic N) is 2. The highest BCUT2D eigenvalue weighted by atomic mass is 16.2. The van der Waals surface area contributed by atoms with Crippen LogP contribution in [-0.2, 0) is 13.1 Å². The molecule has 22 heavy (non-hydrogen) atoms. The quantitative estimate of drug-likeness (QED) is 0.843. The number of benzene rings is 2. The monoisotopic (exact) mass is 290 g/mol. The highest BCUT2D eigenvalue weighted by Gasteiger charge is 2.24. The molecule has 0 unspecified atom stereocenters. The maximum Gasteiger partial charge on any atom is 0.254 e. The average Bonchev–Trinajstić information content (AvgIpc) is 2.97. The van der Waals surface area contributed by atoms with Gasteiger partial charge in [0.25, 0.3) is 5.91 Å². The lowest BCUT2D eigenvalue weighted by Gasteiger charge is -2.15. The van der Waals surface area contributed by atoms with Gasteiger partial charge in [-0.3, -0.25) is 4.79 Å². The molecule has 0 saturated carbocycles. The number of carbonyl (C=O) groups is 1. The summed E-state index contributed by atoms with van der Waals surface area (Å²) in [6, 6.07) is 15.4. The van der Waals surface area contributed by atoms with Gasteiger partial charge in [-0.1, -0.05) is 32.0 Å². The van der Waals surface area contributed by atoms with E-state index in [-0.39, 0.29) is 5.91 Å². The van der Waals surface area contributed by atoms with Crippen molar-refractivity contribution in [1.82, 2.24) is 4.90 Å². The number of nitriles is 1. The van der Waals surface area contributed by atoms with E-state index in [0.717, 1.165) is 0 Å². The van der Waals surface area contributed by atoms with E-state index in [1.54, 1.807) is 24.3 Å². The number of carbonyl (C=O) groups excluding carboxylic acids is 1. The van der Waals surface area contributed by atoms with Gasteiger partial charge in [-0.05, 0) is 46.9 Å². The molecule has 3 rings (SSSR count). The molecule has 0 bridgehead atoms. The van der Waals surface area contributed by atoms with Crippen LogP contribution < -0.4 is 0 Å². The van der Waals surface area contributed by atoms with Gasteiger partial charge in [0, 0.05) is 18.7 Å². The minimum Gasteiger partial charge on any atom is -0.330 e. The summed E-state index contributed by atoms with van der Waals surface area (Å²) < 4.78 is 0. The predicted molar refractivity (Wildman–Crippen MR) is 85.3 cm³/mol. The van der Waals surface area contributed by atoms with Crippen LogP contribution >= 0.6 is 0 Å². The van der Waals surface area contributed by atoms with Crippen LogP contribution in [0.4, 0.5) is 0 Å². The summed E-state index contributed by atoms with van der Waals surface area (Å²) in [7, 11) is 0. The molecule has 0 atom stereocenters. The molecule has 1 aliphatic heterocycles. The Kier molecular flexibility index (Phi) is 3.68. The summed E-state index contributed by atoms with van der Waals surface area (Å²) >= 11 is 0. The third-order valence-corrected chi connectivity index (χ3v) is 4.17. The first-order chi connectivity index (χ1) is 10.6. The molecule has 1 heterocycles. The van der Waals surface area contributed by atoms with Crippen LogP contribution in [0.1, 0.15) is 52.4 Å². The minimum atomic E-state index is 0.0202. The third-order valence-electron chi connectivity index (χ3n) is 4.17. The predicted octanol–water partition coefficient (Wildman–Crippen LogP) is 3.84. The van der Waals surface area contributed by atoms with E-state index >= 15 is 0 Å². The smallest absolute Gasteiger partial charge is 0.254 e. The number of hydrogen-bond donors (Lipinski definition) is 0. The highest BCUT2D eigenvalue weighted by molar-refractivity contribution is 5.94. The van der Waals surface area contributed by atoms with Crippen LogP contribution in [-0.4, -0.2) is 10.8 Å². The van der Waals surface area contributed by atoms with Gasteiger partial charge in [0.15, 0.2) is 0 Å². The minimum absolute atomic E-state index is 0.0202. The fourth-order valence-electron chi connectivity index (χ4n) is 2.79. The normalized spacial score (nSPS) is 13.1. The van der Waals surface area contributed by atoms with Gasteiger partial charge in [0.1, 0.15) is 0 Å². The fourth-order valence-corrected chi connectivity index (χ4v) is 2.79. The molecule has 0 fully saturated rings. The number of amides is 1. The first-order valence-corrected chi connectivity index (χ1v) is 7.49. The van der Waals surface area contributed by atoms with Gasteiger partial charge in [-0.15, -0.1) is 0 Å². The fraction of sp³-hybridized carbons (Fsp3) is 0.263. The molecular formula is C19H18N2O. The summed E-state index contributed by atoms with van der Waals surface area (Å²) in [5, 5.41) is 8.82. The van der Waals surface area contributed by atoms with Crippen molar-refractivity contribution in [2.75, 3.05) is 0 Å². The van der Waals surface area contributed by atoms with E-state index in [1.807, 2.05) is 4.90 Å². The Labute approximate surface area is 130 Å². The van der Waals surface area contributed by atoms with Crippen molar-refractivity contribution in [2.24, 2.45) is 0 Å². The molecule has 0 N–H and O–H groups in total. The maximum atomic E-state index is 12.6. The van der Waals surface area contributed by atoms with E-state index in [0.29, 0.717) is 30.1 Å². The largest absolute Gasteiger partial charge is 0.330 e. The van der Waals surface area contributed by atoms with Crippen molar-refractivity contribution >= 4 is 5.91 Å². The molecule has 0 aromatic heterocycles. The van der Waals surface area contributed by atoms with Gasteiger partial charge in [-0.2, -0.15) is 5.26 Å². The third kappa shape index (κ3) is 2.60. The SMILES string of the molecule is CC(C)c1ccc2c(c1)CN(C(=O)c1ccc(C#N)cc1)C2. The van der Waals surface area contributed by atoms with E-state index in [4.69, 9.17) is 5.26 Å². The first-order valence-electron chi connectivity index (χ1n) is 7.49. The number of hydrogen-bond acceptors (Lipinski definition) is 2. The van der Waals surface area contributed by atoms with Crippen molar-refractivity contribution in [2.45, 2.75) is 32.9 Å². The summed E-state index contributed by atoms with van der Waals surface area (Å²) in [6.45, 7) is 5.67. The van der Waals surface area contributed by atoms with Crippen molar-refractivity contribution in [3.8, 4) is 6.07 Å². The molecule has 0 saturated heterocycles. The van der Waals surface area contributed by atoms with Gasteiger partial charge in [0.2, 0.25) is 0 Å². The lowest BCUT2D eigenvalue weighted by Crippen LogP contribution is -2.25. The average molecular weight is 290 g/mol. The molecular weight excluding hydrogens is 272 g/mol. The van der Waals surface area contributed by atoms with Crippen LogP contribution in [0, 0.1) is 11.3 Å². The Bertz CT molecular complexity index is 754. The molecule has 0 aliphatic carbocycles. The van der Waals surface area contributed by atoms with Gasteiger partial charge >= 0.3 is 0 Å². The van der Waals surface area contributed by atoms with Gasteiger partial charge in [0.05, 0.1) is 11.6 Å². The molecule has 3 heteroatoms. The van der Waals surface area contributed by atoms with Gasteiger partial charge < -0.3 is 4.90 Å². The van der Waals surface area contributed by atoms with Crippen molar-refractivity contribution in [3.05, 3.63) is 70.3 Å². The Balaban J connectivity index is 1.80. The Morgan fingerprint density at radius 3 is 2.41 bits per heavy atom. The van der Waals surface area contributed by atoms with E-state index < -0.39 is 0 Å². The van der Waals surface area contributed by atoms with Crippen LogP contribution in [0.5, 0.6) is 0 Å². The zero-order valence-corrected chi connectivity index (χ0v) is 12.8. The molecule has 2 aromatic rings. The summed E-state index contributed by atoms with van der Waals surface area (Å²) in [6.07, 6.45) is 0. The van der Waals surface area contributed by atoms with E-state index in [2.05, 4.69) is 38.1 Å². The lowest BCUT2D eigenvalue weighted by atomic mass is 9.99. The number of rotatable bonds is 2. The van der Waals surface area contributed by atoms with Crippen molar-refractivity contribution < 1.29 is 4.79 Å². The summed E-state index contributed by atoms with van der Waals surface area (Å²) in [5.74, 6) is 0.514. The zero-order chi connectivity index (χ0) is 15.7. The molecule has 110 valence electrons. The van der Waals surface area contributed by atoms with Crippen LogP contribution in [0.3, 0.4) is 0 Å². The lowest BCUT2D eigenvalue weighted by molar-refractivity contribution is 0.0751. The molecule has 0 spiro atoms. The van der Waals surface area contributed by atoms with Crippen LogP contribution in [0.25, 0.3) is 0 Å². The van der Waals surface area contributed by atoms with Crippen LogP contribution in [0.2, 0.25) is 0 Å². The van der Waals surface area contributed by atoms with Crippen molar-refractivity contribution in [3.63, 3.8) is 0 Å². The maximum absolute atomic E-state index is 12.6. The molecule has 2 aromatic carbocycles. The van der Waals surface area contributed by atoms with Crippen molar-refractivity contribution in [1.29, 1.82) is 5.26 Å².